The smallest absolute Gasteiger partial charge is 0.157 e. The second kappa shape index (κ2) is 3.75. The summed E-state index contributed by atoms with van der Waals surface area (Å²) in [6, 6.07) is 10.1. The fourth-order valence-corrected chi connectivity index (χ4v) is 2.91. The molecule has 0 amide bonds. The first kappa shape index (κ1) is 10.9. The van der Waals surface area contributed by atoms with Gasteiger partial charge in [-0.2, -0.15) is 0 Å². The van der Waals surface area contributed by atoms with Crippen LogP contribution in [0.5, 0.6) is 0 Å². The lowest BCUT2D eigenvalue weighted by molar-refractivity contribution is 1.14. The monoisotopic (exact) mass is 269 g/mol. The van der Waals surface area contributed by atoms with Crippen LogP contribution in [-0.2, 0) is 6.42 Å². The SMILES string of the molecule is CCc1cccc2c1[nH]c1c2nc2c(Cl)cccn21. The lowest BCUT2D eigenvalue weighted by Crippen LogP contribution is -1.86. The average Bonchev–Trinajstić information content (AvgIpc) is 2.96. The number of aryl methyl sites for hydroxylation is 1. The Kier molecular flexibility index (Phi) is 2.15. The number of hydrogen-bond donors (Lipinski definition) is 1. The van der Waals surface area contributed by atoms with Crippen LogP contribution in [0.15, 0.2) is 36.5 Å². The third kappa shape index (κ3) is 1.36. The molecule has 0 unspecified atom stereocenters. The lowest BCUT2D eigenvalue weighted by atomic mass is 10.1. The molecule has 0 saturated heterocycles. The third-order valence-corrected chi connectivity index (χ3v) is 3.93. The van der Waals surface area contributed by atoms with Gasteiger partial charge < -0.3 is 4.98 Å². The van der Waals surface area contributed by atoms with Crippen molar-refractivity contribution in [3.63, 3.8) is 0 Å². The molecule has 94 valence electrons. The molecular weight excluding hydrogens is 258 g/mol. The van der Waals surface area contributed by atoms with Crippen LogP contribution >= 0.6 is 11.6 Å². The minimum Gasteiger partial charge on any atom is -0.339 e. The maximum absolute atomic E-state index is 6.20. The van der Waals surface area contributed by atoms with Gasteiger partial charge in [0.2, 0.25) is 0 Å². The molecule has 1 aromatic carbocycles. The average molecular weight is 270 g/mol. The molecule has 3 nitrogen and oxygen atoms in total. The molecule has 3 heterocycles. The Labute approximate surface area is 114 Å². The summed E-state index contributed by atoms with van der Waals surface area (Å²) in [4.78, 5) is 8.17. The van der Waals surface area contributed by atoms with E-state index in [0.29, 0.717) is 5.02 Å². The topological polar surface area (TPSA) is 33.1 Å². The van der Waals surface area contributed by atoms with Crippen LogP contribution in [0.4, 0.5) is 0 Å². The van der Waals surface area contributed by atoms with Crippen molar-refractivity contribution in [1.29, 1.82) is 0 Å². The van der Waals surface area contributed by atoms with Gasteiger partial charge in [-0.05, 0) is 24.1 Å². The summed E-state index contributed by atoms with van der Waals surface area (Å²) >= 11 is 6.20. The number of halogens is 1. The molecule has 4 rings (SSSR count). The zero-order chi connectivity index (χ0) is 13.0. The lowest BCUT2D eigenvalue weighted by Gasteiger charge is -1.99. The second-order valence-electron chi connectivity index (χ2n) is 4.68. The number of para-hydroxylation sites is 1. The first-order chi connectivity index (χ1) is 9.29. The van der Waals surface area contributed by atoms with Crippen molar-refractivity contribution < 1.29 is 0 Å². The van der Waals surface area contributed by atoms with Crippen molar-refractivity contribution in [2.24, 2.45) is 0 Å². The van der Waals surface area contributed by atoms with Crippen LogP contribution in [0.25, 0.3) is 27.7 Å². The highest BCUT2D eigenvalue weighted by Gasteiger charge is 2.13. The molecule has 0 fully saturated rings. The number of fused-ring (bicyclic) bond motifs is 5. The number of aromatic nitrogens is 3. The Balaban J connectivity index is 2.25. The summed E-state index contributed by atoms with van der Waals surface area (Å²) in [5.41, 5.74) is 5.28. The van der Waals surface area contributed by atoms with Gasteiger partial charge in [0.15, 0.2) is 5.65 Å². The maximum atomic E-state index is 6.20. The second-order valence-corrected chi connectivity index (χ2v) is 5.08. The number of nitrogens with one attached hydrogen (secondary N) is 1. The third-order valence-electron chi connectivity index (χ3n) is 3.63. The molecule has 0 spiro atoms. The van der Waals surface area contributed by atoms with Gasteiger partial charge in [-0.3, -0.25) is 4.40 Å². The minimum atomic E-state index is 0.673. The Morgan fingerprint density at radius 1 is 1.26 bits per heavy atom. The van der Waals surface area contributed by atoms with E-state index in [1.807, 2.05) is 22.7 Å². The molecule has 0 atom stereocenters. The standard InChI is InChI=1S/C15H12ClN3/c1-2-9-5-3-6-10-12(9)17-15-13(10)18-14-11(16)7-4-8-19(14)15/h3-8,17H,2H2,1H3. The van der Waals surface area contributed by atoms with Gasteiger partial charge in [0, 0.05) is 11.6 Å². The van der Waals surface area contributed by atoms with Crippen molar-refractivity contribution in [1.82, 2.24) is 14.4 Å². The predicted molar refractivity (Wildman–Crippen MR) is 78.9 cm³/mol. The molecule has 0 radical (unpaired) electrons. The molecule has 4 aromatic rings. The van der Waals surface area contributed by atoms with Crippen LogP contribution in [0, 0.1) is 0 Å². The van der Waals surface area contributed by atoms with Gasteiger partial charge in [-0.1, -0.05) is 36.7 Å². The van der Waals surface area contributed by atoms with E-state index >= 15 is 0 Å². The molecule has 4 heteroatoms. The molecule has 3 aromatic heterocycles. The molecular formula is C15H12ClN3. The summed E-state index contributed by atoms with van der Waals surface area (Å²) in [5, 5.41) is 1.83. The number of aromatic amines is 1. The number of imidazole rings is 1. The molecule has 0 aliphatic heterocycles. The summed E-state index contributed by atoms with van der Waals surface area (Å²) < 4.78 is 2.01. The quantitative estimate of drug-likeness (QED) is 0.552. The van der Waals surface area contributed by atoms with Gasteiger partial charge in [0.1, 0.15) is 11.2 Å². The van der Waals surface area contributed by atoms with Crippen molar-refractivity contribution in [3.05, 3.63) is 47.1 Å². The van der Waals surface area contributed by atoms with E-state index in [4.69, 9.17) is 11.6 Å². The highest BCUT2D eigenvalue weighted by Crippen LogP contribution is 2.30. The van der Waals surface area contributed by atoms with Crippen molar-refractivity contribution in [2.75, 3.05) is 0 Å². The maximum Gasteiger partial charge on any atom is 0.157 e. The van der Waals surface area contributed by atoms with E-state index in [9.17, 15) is 0 Å². The van der Waals surface area contributed by atoms with Crippen LogP contribution in [0.3, 0.4) is 0 Å². The number of rotatable bonds is 1. The number of hydrogen-bond acceptors (Lipinski definition) is 1. The molecule has 19 heavy (non-hydrogen) atoms. The Morgan fingerprint density at radius 3 is 3.00 bits per heavy atom. The Bertz CT molecular complexity index is 917. The highest BCUT2D eigenvalue weighted by atomic mass is 35.5. The molecule has 0 bridgehead atoms. The summed E-state index contributed by atoms with van der Waals surface area (Å²) in [7, 11) is 0. The number of H-pyrrole nitrogens is 1. The first-order valence-corrected chi connectivity index (χ1v) is 6.73. The summed E-state index contributed by atoms with van der Waals surface area (Å²) in [5.74, 6) is 0. The fraction of sp³-hybridized carbons (Fsp3) is 0.133. The van der Waals surface area contributed by atoms with Crippen molar-refractivity contribution in [3.8, 4) is 0 Å². The summed E-state index contributed by atoms with van der Waals surface area (Å²) in [6.45, 7) is 2.16. The van der Waals surface area contributed by atoms with Crippen LogP contribution in [0.1, 0.15) is 12.5 Å². The van der Waals surface area contributed by atoms with E-state index in [1.54, 1.807) is 0 Å². The van der Waals surface area contributed by atoms with Crippen molar-refractivity contribution in [2.45, 2.75) is 13.3 Å². The van der Waals surface area contributed by atoms with E-state index in [0.717, 1.165) is 28.6 Å². The van der Waals surface area contributed by atoms with Gasteiger partial charge >= 0.3 is 0 Å². The normalized spacial score (nSPS) is 11.9. The Hall–Kier alpha value is -2.00. The first-order valence-electron chi connectivity index (χ1n) is 6.35. The van der Waals surface area contributed by atoms with Crippen LogP contribution in [0.2, 0.25) is 5.02 Å². The highest BCUT2D eigenvalue weighted by molar-refractivity contribution is 6.33. The largest absolute Gasteiger partial charge is 0.339 e. The number of pyridine rings is 1. The molecule has 0 saturated carbocycles. The van der Waals surface area contributed by atoms with E-state index in [2.05, 4.69) is 35.1 Å². The Morgan fingerprint density at radius 2 is 2.16 bits per heavy atom. The van der Waals surface area contributed by atoms with Gasteiger partial charge in [0.05, 0.1) is 10.5 Å². The molecule has 1 N–H and O–H groups in total. The zero-order valence-electron chi connectivity index (χ0n) is 10.4. The number of benzene rings is 1. The minimum absolute atomic E-state index is 0.673. The zero-order valence-corrected chi connectivity index (χ0v) is 11.2. The van der Waals surface area contributed by atoms with E-state index in [-0.39, 0.29) is 0 Å². The van der Waals surface area contributed by atoms with Gasteiger partial charge in [0.25, 0.3) is 0 Å². The van der Waals surface area contributed by atoms with Crippen LogP contribution < -0.4 is 0 Å². The number of nitrogens with zero attached hydrogens (tertiary/aromatic N) is 2. The summed E-state index contributed by atoms with van der Waals surface area (Å²) in [6.07, 6.45) is 2.99. The van der Waals surface area contributed by atoms with E-state index in [1.165, 1.54) is 11.1 Å². The predicted octanol–water partition coefficient (Wildman–Crippen LogP) is 4.18. The fourth-order valence-electron chi connectivity index (χ4n) is 2.70. The molecule has 0 aliphatic carbocycles. The van der Waals surface area contributed by atoms with Crippen LogP contribution in [-0.4, -0.2) is 14.4 Å². The molecule has 0 aliphatic rings. The van der Waals surface area contributed by atoms with Gasteiger partial charge in [-0.15, -0.1) is 0 Å². The van der Waals surface area contributed by atoms with Crippen molar-refractivity contribution >= 4 is 39.3 Å². The van der Waals surface area contributed by atoms with Gasteiger partial charge in [-0.25, -0.2) is 4.98 Å². The van der Waals surface area contributed by atoms with E-state index < -0.39 is 0 Å².